The number of likely N-dealkylation sites (N-methyl/N-ethyl adjacent to an activating group) is 1. The van der Waals surface area contributed by atoms with E-state index in [0.29, 0.717) is 13.0 Å². The molecule has 1 atom stereocenters. The molecule has 1 saturated heterocycles. The molecule has 1 amide bonds. The molecule has 1 fully saturated rings. The molecule has 2 rings (SSSR count). The van der Waals surface area contributed by atoms with Crippen LogP contribution in [0.1, 0.15) is 12.0 Å². The number of anilines is 1. The van der Waals surface area contributed by atoms with Crippen molar-refractivity contribution in [2.75, 3.05) is 31.6 Å². The number of rotatable bonds is 3. The van der Waals surface area contributed by atoms with Crippen LogP contribution in [0.5, 0.6) is 0 Å². The SMILES string of the molecule is Cc1cc(Br)ccc1N1CCN(C)C(CCN)C1=O. The second-order valence-corrected chi connectivity index (χ2v) is 5.91. The number of halogens is 1. The molecule has 104 valence electrons. The van der Waals surface area contributed by atoms with E-state index in [9.17, 15) is 4.79 Å². The molecule has 5 heteroatoms. The lowest BCUT2D eigenvalue weighted by Crippen LogP contribution is -2.56. The van der Waals surface area contributed by atoms with Gasteiger partial charge in [-0.25, -0.2) is 0 Å². The van der Waals surface area contributed by atoms with E-state index in [1.54, 1.807) is 0 Å². The summed E-state index contributed by atoms with van der Waals surface area (Å²) in [7, 11) is 1.99. The molecular formula is C14H20BrN3O. The molecule has 1 heterocycles. The summed E-state index contributed by atoms with van der Waals surface area (Å²) in [4.78, 5) is 16.6. The topological polar surface area (TPSA) is 49.6 Å². The highest BCUT2D eigenvalue weighted by Crippen LogP contribution is 2.27. The van der Waals surface area contributed by atoms with Crippen molar-refractivity contribution >= 4 is 27.5 Å². The third-order valence-electron chi connectivity index (χ3n) is 3.65. The summed E-state index contributed by atoms with van der Waals surface area (Å²) in [6.45, 7) is 4.18. The van der Waals surface area contributed by atoms with Crippen LogP contribution < -0.4 is 10.6 Å². The van der Waals surface area contributed by atoms with Crippen LogP contribution in [0, 0.1) is 6.92 Å². The van der Waals surface area contributed by atoms with E-state index in [1.807, 2.05) is 37.1 Å². The fourth-order valence-electron chi connectivity index (χ4n) is 2.55. The van der Waals surface area contributed by atoms with Gasteiger partial charge >= 0.3 is 0 Å². The van der Waals surface area contributed by atoms with Gasteiger partial charge in [-0.05, 0) is 50.7 Å². The largest absolute Gasteiger partial charge is 0.330 e. The molecule has 0 radical (unpaired) electrons. The number of piperazine rings is 1. The molecule has 19 heavy (non-hydrogen) atoms. The first-order valence-electron chi connectivity index (χ1n) is 6.52. The smallest absolute Gasteiger partial charge is 0.244 e. The van der Waals surface area contributed by atoms with Gasteiger partial charge in [0, 0.05) is 23.2 Å². The number of nitrogens with two attached hydrogens (primary N) is 1. The summed E-state index contributed by atoms with van der Waals surface area (Å²) in [5, 5.41) is 0. The third kappa shape index (κ3) is 2.99. The quantitative estimate of drug-likeness (QED) is 0.921. The van der Waals surface area contributed by atoms with Crippen LogP contribution in [0.2, 0.25) is 0 Å². The van der Waals surface area contributed by atoms with Gasteiger partial charge in [-0.3, -0.25) is 9.69 Å². The summed E-state index contributed by atoms with van der Waals surface area (Å²) in [6, 6.07) is 5.93. The van der Waals surface area contributed by atoms with Gasteiger partial charge in [0.2, 0.25) is 5.91 Å². The van der Waals surface area contributed by atoms with Crippen molar-refractivity contribution in [3.05, 3.63) is 28.2 Å². The second-order valence-electron chi connectivity index (χ2n) is 4.99. The number of carbonyl (C=O) groups excluding carboxylic acids is 1. The van der Waals surface area contributed by atoms with Gasteiger partial charge in [0.15, 0.2) is 0 Å². The van der Waals surface area contributed by atoms with Crippen molar-refractivity contribution in [2.24, 2.45) is 5.73 Å². The average molecular weight is 326 g/mol. The Kier molecular flexibility index (Phi) is 4.60. The van der Waals surface area contributed by atoms with Crippen molar-refractivity contribution in [3.8, 4) is 0 Å². The molecule has 4 nitrogen and oxygen atoms in total. The Balaban J connectivity index is 2.27. The molecule has 1 aliphatic rings. The Bertz CT molecular complexity index is 478. The summed E-state index contributed by atoms with van der Waals surface area (Å²) in [6.07, 6.45) is 0.710. The fraction of sp³-hybridized carbons (Fsp3) is 0.500. The minimum Gasteiger partial charge on any atom is -0.330 e. The lowest BCUT2D eigenvalue weighted by Gasteiger charge is -2.39. The van der Waals surface area contributed by atoms with E-state index in [1.165, 1.54) is 0 Å². The standard InChI is InChI=1S/C14H20BrN3O/c1-10-9-11(15)3-4-12(10)18-8-7-17(2)13(5-6-16)14(18)19/h3-4,9,13H,5-8,16H2,1-2H3. The Labute approximate surface area is 122 Å². The minimum absolute atomic E-state index is 0.0956. The molecule has 1 aliphatic heterocycles. The highest BCUT2D eigenvalue weighted by Gasteiger charge is 2.33. The van der Waals surface area contributed by atoms with Crippen LogP contribution in [0.3, 0.4) is 0 Å². The Morgan fingerprint density at radius 2 is 2.16 bits per heavy atom. The van der Waals surface area contributed by atoms with Crippen molar-refractivity contribution in [2.45, 2.75) is 19.4 Å². The lowest BCUT2D eigenvalue weighted by molar-refractivity contribution is -0.125. The molecule has 0 spiro atoms. The van der Waals surface area contributed by atoms with Crippen molar-refractivity contribution in [1.82, 2.24) is 4.90 Å². The molecule has 1 unspecified atom stereocenters. The van der Waals surface area contributed by atoms with E-state index in [0.717, 1.165) is 28.8 Å². The van der Waals surface area contributed by atoms with Crippen LogP contribution in [-0.4, -0.2) is 43.5 Å². The number of hydrogen-bond donors (Lipinski definition) is 1. The Morgan fingerprint density at radius 3 is 2.79 bits per heavy atom. The first kappa shape index (κ1) is 14.5. The maximum absolute atomic E-state index is 12.6. The van der Waals surface area contributed by atoms with E-state index >= 15 is 0 Å². The van der Waals surface area contributed by atoms with Crippen LogP contribution in [0.4, 0.5) is 5.69 Å². The monoisotopic (exact) mass is 325 g/mol. The average Bonchev–Trinajstić information content (AvgIpc) is 2.36. The summed E-state index contributed by atoms with van der Waals surface area (Å²) >= 11 is 3.45. The number of benzene rings is 1. The predicted molar refractivity (Wildman–Crippen MR) is 81.3 cm³/mol. The number of nitrogens with zero attached hydrogens (tertiary/aromatic N) is 2. The van der Waals surface area contributed by atoms with Gasteiger partial charge in [-0.2, -0.15) is 0 Å². The normalized spacial score (nSPS) is 20.9. The van der Waals surface area contributed by atoms with Gasteiger partial charge in [0.05, 0.1) is 6.04 Å². The van der Waals surface area contributed by atoms with Crippen molar-refractivity contribution in [1.29, 1.82) is 0 Å². The number of carbonyl (C=O) groups is 1. The van der Waals surface area contributed by atoms with E-state index < -0.39 is 0 Å². The van der Waals surface area contributed by atoms with Gasteiger partial charge in [0.1, 0.15) is 0 Å². The van der Waals surface area contributed by atoms with E-state index in [2.05, 4.69) is 20.8 Å². The Morgan fingerprint density at radius 1 is 1.42 bits per heavy atom. The molecule has 0 saturated carbocycles. The maximum Gasteiger partial charge on any atom is 0.244 e. The van der Waals surface area contributed by atoms with Gasteiger partial charge < -0.3 is 10.6 Å². The fourth-order valence-corrected chi connectivity index (χ4v) is 3.03. The third-order valence-corrected chi connectivity index (χ3v) is 4.14. The zero-order valence-electron chi connectivity index (χ0n) is 11.4. The maximum atomic E-state index is 12.6. The molecule has 0 aromatic heterocycles. The van der Waals surface area contributed by atoms with Crippen LogP contribution >= 0.6 is 15.9 Å². The summed E-state index contributed by atoms with van der Waals surface area (Å²) in [5.74, 6) is 0.157. The Hall–Kier alpha value is -0.910. The summed E-state index contributed by atoms with van der Waals surface area (Å²) in [5.41, 5.74) is 7.73. The first-order valence-corrected chi connectivity index (χ1v) is 7.31. The number of amides is 1. The lowest BCUT2D eigenvalue weighted by atomic mass is 10.1. The molecule has 2 N–H and O–H groups in total. The highest BCUT2D eigenvalue weighted by atomic mass is 79.9. The van der Waals surface area contributed by atoms with Crippen LogP contribution in [-0.2, 0) is 4.79 Å². The second kappa shape index (κ2) is 6.03. The molecule has 0 aliphatic carbocycles. The number of hydrogen-bond acceptors (Lipinski definition) is 3. The van der Waals surface area contributed by atoms with Crippen molar-refractivity contribution < 1.29 is 4.79 Å². The minimum atomic E-state index is -0.0956. The van der Waals surface area contributed by atoms with Crippen LogP contribution in [0.25, 0.3) is 0 Å². The van der Waals surface area contributed by atoms with Gasteiger partial charge in [-0.1, -0.05) is 15.9 Å². The number of aryl methyl sites for hydroxylation is 1. The van der Waals surface area contributed by atoms with Crippen molar-refractivity contribution in [3.63, 3.8) is 0 Å². The zero-order chi connectivity index (χ0) is 14.0. The molecular weight excluding hydrogens is 306 g/mol. The van der Waals surface area contributed by atoms with E-state index in [4.69, 9.17) is 5.73 Å². The van der Waals surface area contributed by atoms with Crippen LogP contribution in [0.15, 0.2) is 22.7 Å². The first-order chi connectivity index (χ1) is 9.04. The van der Waals surface area contributed by atoms with Gasteiger partial charge in [0.25, 0.3) is 0 Å². The zero-order valence-corrected chi connectivity index (χ0v) is 13.0. The summed E-state index contributed by atoms with van der Waals surface area (Å²) < 4.78 is 1.04. The highest BCUT2D eigenvalue weighted by molar-refractivity contribution is 9.10. The van der Waals surface area contributed by atoms with Gasteiger partial charge in [-0.15, -0.1) is 0 Å². The van der Waals surface area contributed by atoms with E-state index in [-0.39, 0.29) is 11.9 Å². The molecule has 1 aromatic carbocycles. The molecule has 0 bridgehead atoms. The molecule has 1 aromatic rings. The predicted octanol–water partition coefficient (Wildman–Crippen LogP) is 1.75.